The van der Waals surface area contributed by atoms with Crippen molar-refractivity contribution in [3.8, 4) is 0 Å². The molecule has 0 saturated heterocycles. The van der Waals surface area contributed by atoms with Gasteiger partial charge in [-0.3, -0.25) is 4.79 Å². The summed E-state index contributed by atoms with van der Waals surface area (Å²) in [6, 6.07) is 2.56. The zero-order chi connectivity index (χ0) is 13.2. The summed E-state index contributed by atoms with van der Waals surface area (Å²) >= 11 is 6.65. The number of amides is 1. The van der Waals surface area contributed by atoms with E-state index in [0.717, 1.165) is 15.6 Å². The molecule has 0 radical (unpaired) electrons. The lowest BCUT2D eigenvalue weighted by Crippen LogP contribution is -2.42. The molecular weight excluding hydrogens is 284 g/mol. The molecule has 0 atom stereocenters. The number of nitrogens with two attached hydrogens (primary N) is 1. The van der Waals surface area contributed by atoms with Crippen LogP contribution >= 0.6 is 22.9 Å². The molecule has 0 spiro atoms. The second kappa shape index (κ2) is 5.34. The van der Waals surface area contributed by atoms with Gasteiger partial charge in [-0.15, -0.1) is 11.3 Å². The van der Waals surface area contributed by atoms with Gasteiger partial charge in [0.05, 0.1) is 10.9 Å². The molecule has 1 aromatic heterocycles. The fourth-order valence-electron chi connectivity index (χ4n) is 1.25. The minimum absolute atomic E-state index is 0.109. The van der Waals surface area contributed by atoms with Gasteiger partial charge in [-0.05, 0) is 26.0 Å². The van der Waals surface area contributed by atoms with Crippen LogP contribution in [0.4, 0.5) is 0 Å². The van der Waals surface area contributed by atoms with Gasteiger partial charge in [-0.2, -0.15) is 4.31 Å². The SMILES string of the molecule is CC(C)N(CC(N)=O)S(=O)(=O)c1ccc(Cl)s1. The summed E-state index contributed by atoms with van der Waals surface area (Å²) in [5.74, 6) is -0.690. The number of carbonyl (C=O) groups excluding carboxylic acids is 1. The van der Waals surface area contributed by atoms with Crippen LogP contribution < -0.4 is 5.73 Å². The van der Waals surface area contributed by atoms with Gasteiger partial charge >= 0.3 is 0 Å². The lowest BCUT2D eigenvalue weighted by atomic mass is 10.4. The number of hydrogen-bond donors (Lipinski definition) is 1. The Labute approximate surface area is 109 Å². The minimum atomic E-state index is -3.71. The molecular formula is C9H13ClN2O3S2. The molecule has 0 bridgehead atoms. The molecule has 1 amide bonds. The molecule has 0 fully saturated rings. The molecule has 0 aliphatic heterocycles. The predicted molar refractivity (Wildman–Crippen MR) is 67.6 cm³/mol. The number of halogens is 1. The molecule has 1 heterocycles. The van der Waals surface area contributed by atoms with Gasteiger partial charge in [-0.1, -0.05) is 11.6 Å². The normalized spacial score (nSPS) is 12.3. The van der Waals surface area contributed by atoms with E-state index in [9.17, 15) is 13.2 Å². The van der Waals surface area contributed by atoms with Gasteiger partial charge in [0.1, 0.15) is 4.21 Å². The second-order valence-electron chi connectivity index (χ2n) is 3.67. The van der Waals surface area contributed by atoms with Crippen LogP contribution in [0.1, 0.15) is 13.8 Å². The molecule has 1 rings (SSSR count). The van der Waals surface area contributed by atoms with Crippen LogP contribution in [0.5, 0.6) is 0 Å². The number of carbonyl (C=O) groups is 1. The first-order valence-electron chi connectivity index (χ1n) is 4.80. The standard InChI is InChI=1S/C9H13ClN2O3S2/c1-6(2)12(5-8(11)13)17(14,15)9-4-3-7(10)16-9/h3-4,6H,5H2,1-2H3,(H2,11,13). The van der Waals surface area contributed by atoms with Crippen molar-refractivity contribution < 1.29 is 13.2 Å². The number of rotatable bonds is 5. The summed E-state index contributed by atoms with van der Waals surface area (Å²) in [6.45, 7) is 3.01. The molecule has 0 aliphatic rings. The molecule has 96 valence electrons. The van der Waals surface area contributed by atoms with Gasteiger partial charge in [0, 0.05) is 6.04 Å². The molecule has 0 aromatic carbocycles. The average molecular weight is 297 g/mol. The van der Waals surface area contributed by atoms with E-state index in [-0.39, 0.29) is 16.8 Å². The number of nitrogens with zero attached hydrogens (tertiary/aromatic N) is 1. The summed E-state index contributed by atoms with van der Waals surface area (Å²) in [6.07, 6.45) is 0. The van der Waals surface area contributed by atoms with Crippen LogP contribution in [-0.4, -0.2) is 31.2 Å². The van der Waals surface area contributed by atoms with Crippen molar-refractivity contribution in [3.05, 3.63) is 16.5 Å². The van der Waals surface area contributed by atoms with E-state index in [4.69, 9.17) is 17.3 Å². The summed E-state index contributed by atoms with van der Waals surface area (Å²) in [5, 5.41) is 0. The number of thiophene rings is 1. The van der Waals surface area contributed by atoms with Crippen LogP contribution in [0.25, 0.3) is 0 Å². The molecule has 0 saturated carbocycles. The molecule has 0 aliphatic carbocycles. The first-order valence-corrected chi connectivity index (χ1v) is 7.44. The van der Waals surface area contributed by atoms with Crippen LogP contribution in [0.15, 0.2) is 16.3 Å². The highest BCUT2D eigenvalue weighted by Gasteiger charge is 2.29. The Kier molecular flexibility index (Phi) is 4.54. The molecule has 2 N–H and O–H groups in total. The maximum atomic E-state index is 12.2. The van der Waals surface area contributed by atoms with Gasteiger partial charge in [0.2, 0.25) is 5.91 Å². The zero-order valence-corrected chi connectivity index (χ0v) is 11.8. The fraction of sp³-hybridized carbons (Fsp3) is 0.444. The zero-order valence-electron chi connectivity index (χ0n) is 9.38. The largest absolute Gasteiger partial charge is 0.369 e. The molecule has 0 unspecified atom stereocenters. The highest BCUT2D eigenvalue weighted by molar-refractivity contribution is 7.91. The summed E-state index contributed by atoms with van der Waals surface area (Å²) in [7, 11) is -3.71. The van der Waals surface area contributed by atoms with E-state index < -0.39 is 15.9 Å². The highest BCUT2D eigenvalue weighted by atomic mass is 35.5. The summed E-state index contributed by atoms with van der Waals surface area (Å²) in [4.78, 5) is 10.9. The second-order valence-corrected chi connectivity index (χ2v) is 7.50. The summed E-state index contributed by atoms with van der Waals surface area (Å²) in [5.41, 5.74) is 5.04. The van der Waals surface area contributed by atoms with Crippen molar-refractivity contribution in [3.63, 3.8) is 0 Å². The first kappa shape index (κ1) is 14.4. The minimum Gasteiger partial charge on any atom is -0.369 e. The Morgan fingerprint density at radius 2 is 2.12 bits per heavy atom. The van der Waals surface area contributed by atoms with Crippen LogP contribution in [0.2, 0.25) is 4.34 Å². The van der Waals surface area contributed by atoms with Crippen LogP contribution in [0, 0.1) is 0 Å². The number of hydrogen-bond acceptors (Lipinski definition) is 4. The van der Waals surface area contributed by atoms with Gasteiger partial charge in [-0.25, -0.2) is 8.42 Å². The van der Waals surface area contributed by atoms with E-state index in [0.29, 0.717) is 4.34 Å². The molecule has 1 aromatic rings. The Balaban J connectivity index is 3.13. The van der Waals surface area contributed by atoms with Crippen LogP contribution in [-0.2, 0) is 14.8 Å². The topological polar surface area (TPSA) is 80.5 Å². The van der Waals surface area contributed by atoms with E-state index >= 15 is 0 Å². The molecule has 8 heteroatoms. The smallest absolute Gasteiger partial charge is 0.253 e. The van der Waals surface area contributed by atoms with Crippen molar-refractivity contribution in [2.45, 2.75) is 24.1 Å². The quantitative estimate of drug-likeness (QED) is 0.889. The highest BCUT2D eigenvalue weighted by Crippen LogP contribution is 2.28. The Hall–Kier alpha value is -0.630. The van der Waals surface area contributed by atoms with Crippen molar-refractivity contribution in [2.75, 3.05) is 6.54 Å². The lowest BCUT2D eigenvalue weighted by Gasteiger charge is -2.23. The van der Waals surface area contributed by atoms with Crippen molar-refractivity contribution in [2.24, 2.45) is 5.73 Å². The molecule has 5 nitrogen and oxygen atoms in total. The Bertz CT molecular complexity index is 510. The van der Waals surface area contributed by atoms with Crippen molar-refractivity contribution in [1.82, 2.24) is 4.31 Å². The third-order valence-corrected chi connectivity index (χ3v) is 5.72. The monoisotopic (exact) mass is 296 g/mol. The number of primary amides is 1. The van der Waals surface area contributed by atoms with Crippen molar-refractivity contribution >= 4 is 38.9 Å². The average Bonchev–Trinajstić information content (AvgIpc) is 2.61. The van der Waals surface area contributed by atoms with Gasteiger partial charge < -0.3 is 5.73 Å². The number of sulfonamides is 1. The maximum Gasteiger partial charge on any atom is 0.253 e. The van der Waals surface area contributed by atoms with Crippen LogP contribution in [0.3, 0.4) is 0 Å². The fourth-order valence-corrected chi connectivity index (χ4v) is 4.47. The molecule has 17 heavy (non-hydrogen) atoms. The summed E-state index contributed by atoms with van der Waals surface area (Å²) < 4.78 is 25.9. The van der Waals surface area contributed by atoms with E-state index in [1.807, 2.05) is 0 Å². The third-order valence-electron chi connectivity index (χ3n) is 2.00. The van der Waals surface area contributed by atoms with Crippen molar-refractivity contribution in [1.29, 1.82) is 0 Å². The Morgan fingerprint density at radius 3 is 2.47 bits per heavy atom. The lowest BCUT2D eigenvalue weighted by molar-refractivity contribution is -0.118. The van der Waals surface area contributed by atoms with Gasteiger partial charge in [0.25, 0.3) is 10.0 Å². The van der Waals surface area contributed by atoms with Gasteiger partial charge in [0.15, 0.2) is 0 Å². The first-order chi connectivity index (χ1) is 7.75. The maximum absolute atomic E-state index is 12.2. The van der Waals surface area contributed by atoms with E-state index in [2.05, 4.69) is 0 Å². The third kappa shape index (κ3) is 3.41. The van der Waals surface area contributed by atoms with E-state index in [1.165, 1.54) is 12.1 Å². The Morgan fingerprint density at radius 1 is 1.53 bits per heavy atom. The predicted octanol–water partition coefficient (Wildman–Crippen LogP) is 1.29. The van der Waals surface area contributed by atoms with E-state index in [1.54, 1.807) is 13.8 Å².